The standard InChI is InChI=1S/C18H11F2NO4/c19-13-6-4-10(8-14(13)20)9-21-16-11(5-7-15(22)23)2-1-3-12(16)17(24)18(21)25/h1-8H,9H2,(H,22,23). The monoisotopic (exact) mass is 343 g/mol. The Bertz CT molecular complexity index is 937. The quantitative estimate of drug-likeness (QED) is 0.684. The van der Waals surface area contributed by atoms with Gasteiger partial charge in [-0.25, -0.2) is 13.6 Å². The van der Waals surface area contributed by atoms with Gasteiger partial charge in [0.05, 0.1) is 17.8 Å². The molecule has 1 amide bonds. The van der Waals surface area contributed by atoms with Gasteiger partial charge in [0.2, 0.25) is 0 Å². The van der Waals surface area contributed by atoms with Crippen molar-refractivity contribution in [2.45, 2.75) is 6.54 Å². The number of nitrogens with zero attached hydrogens (tertiary/aromatic N) is 1. The molecule has 25 heavy (non-hydrogen) atoms. The number of anilines is 1. The molecule has 0 saturated carbocycles. The largest absolute Gasteiger partial charge is 0.478 e. The first-order valence-electron chi connectivity index (χ1n) is 7.22. The first-order valence-corrected chi connectivity index (χ1v) is 7.22. The maximum absolute atomic E-state index is 13.4. The van der Waals surface area contributed by atoms with Gasteiger partial charge in [-0.3, -0.25) is 14.5 Å². The van der Waals surface area contributed by atoms with Crippen LogP contribution >= 0.6 is 0 Å². The summed E-state index contributed by atoms with van der Waals surface area (Å²) in [5.74, 6) is -4.80. The van der Waals surface area contributed by atoms with Gasteiger partial charge in [0.25, 0.3) is 11.7 Å². The molecule has 0 bridgehead atoms. The zero-order valence-electron chi connectivity index (χ0n) is 12.7. The lowest BCUT2D eigenvalue weighted by Gasteiger charge is -2.18. The number of halogens is 2. The minimum atomic E-state index is -1.18. The Hall–Kier alpha value is -3.35. The lowest BCUT2D eigenvalue weighted by atomic mass is 10.1. The van der Waals surface area contributed by atoms with E-state index in [2.05, 4.69) is 0 Å². The van der Waals surface area contributed by atoms with Gasteiger partial charge in [-0.2, -0.15) is 0 Å². The second kappa shape index (κ2) is 6.27. The van der Waals surface area contributed by atoms with E-state index in [1.807, 2.05) is 0 Å². The predicted molar refractivity (Wildman–Crippen MR) is 85.0 cm³/mol. The van der Waals surface area contributed by atoms with E-state index in [4.69, 9.17) is 5.11 Å². The number of para-hydroxylation sites is 1. The first kappa shape index (κ1) is 16.5. The summed E-state index contributed by atoms with van der Waals surface area (Å²) in [5.41, 5.74) is 1.05. The summed E-state index contributed by atoms with van der Waals surface area (Å²) in [6.45, 7) is -0.146. The maximum atomic E-state index is 13.4. The van der Waals surface area contributed by atoms with Crippen molar-refractivity contribution in [3.05, 3.63) is 70.8 Å². The third-order valence-corrected chi connectivity index (χ3v) is 3.75. The van der Waals surface area contributed by atoms with Crippen LogP contribution < -0.4 is 4.90 Å². The highest BCUT2D eigenvalue weighted by Crippen LogP contribution is 2.34. The van der Waals surface area contributed by atoms with Crippen molar-refractivity contribution in [3.8, 4) is 0 Å². The van der Waals surface area contributed by atoms with Gasteiger partial charge in [0, 0.05) is 6.08 Å². The molecule has 7 heteroatoms. The van der Waals surface area contributed by atoms with Crippen molar-refractivity contribution in [2.75, 3.05) is 4.90 Å². The number of fused-ring (bicyclic) bond motifs is 1. The van der Waals surface area contributed by atoms with Crippen LogP contribution in [0, 0.1) is 11.6 Å². The third-order valence-electron chi connectivity index (χ3n) is 3.75. The fraction of sp³-hybridized carbons (Fsp3) is 0.0556. The highest BCUT2D eigenvalue weighted by atomic mass is 19.2. The number of aliphatic carboxylic acids is 1. The number of rotatable bonds is 4. The minimum Gasteiger partial charge on any atom is -0.478 e. The Labute approximate surface area is 140 Å². The molecule has 2 aromatic carbocycles. The molecule has 1 aliphatic heterocycles. The van der Waals surface area contributed by atoms with E-state index in [-0.39, 0.29) is 17.8 Å². The van der Waals surface area contributed by atoms with Gasteiger partial charge >= 0.3 is 5.97 Å². The van der Waals surface area contributed by atoms with E-state index in [9.17, 15) is 23.2 Å². The second-order valence-electron chi connectivity index (χ2n) is 5.38. The Kier molecular flexibility index (Phi) is 4.14. The van der Waals surface area contributed by atoms with Gasteiger partial charge in [-0.1, -0.05) is 18.2 Å². The molecule has 3 rings (SSSR count). The molecule has 0 aliphatic carbocycles. The summed E-state index contributed by atoms with van der Waals surface area (Å²) < 4.78 is 26.4. The van der Waals surface area contributed by atoms with Crippen LogP contribution in [-0.2, 0) is 16.1 Å². The molecule has 126 valence electrons. The molecule has 0 aromatic heterocycles. The molecule has 1 aliphatic rings. The predicted octanol–water partition coefficient (Wildman–Crippen LogP) is 2.79. The Morgan fingerprint density at radius 2 is 1.88 bits per heavy atom. The minimum absolute atomic E-state index is 0.139. The van der Waals surface area contributed by atoms with Crippen LogP contribution in [0.5, 0.6) is 0 Å². The van der Waals surface area contributed by atoms with E-state index in [0.717, 1.165) is 23.1 Å². The molecule has 0 saturated heterocycles. The number of carbonyl (C=O) groups is 3. The number of benzene rings is 2. The molecule has 0 spiro atoms. The van der Waals surface area contributed by atoms with Gasteiger partial charge < -0.3 is 5.11 Å². The fourth-order valence-corrected chi connectivity index (χ4v) is 2.65. The molecule has 5 nitrogen and oxygen atoms in total. The zero-order chi connectivity index (χ0) is 18.1. The fourth-order valence-electron chi connectivity index (χ4n) is 2.65. The molecular formula is C18H11F2NO4. The van der Waals surface area contributed by atoms with E-state index in [1.165, 1.54) is 24.3 Å². The van der Waals surface area contributed by atoms with Crippen molar-refractivity contribution < 1.29 is 28.3 Å². The molecule has 0 radical (unpaired) electrons. The Morgan fingerprint density at radius 1 is 1.12 bits per heavy atom. The van der Waals surface area contributed by atoms with Crippen molar-refractivity contribution >= 4 is 29.4 Å². The van der Waals surface area contributed by atoms with E-state index < -0.39 is 29.3 Å². The number of carboxylic acids is 1. The summed E-state index contributed by atoms with van der Waals surface area (Å²) in [5, 5.41) is 8.77. The van der Waals surface area contributed by atoms with Crippen LogP contribution in [0.2, 0.25) is 0 Å². The lowest BCUT2D eigenvalue weighted by Crippen LogP contribution is -2.29. The number of hydrogen-bond donors (Lipinski definition) is 1. The number of carboxylic acid groups (broad SMARTS) is 1. The molecule has 2 aromatic rings. The highest BCUT2D eigenvalue weighted by Gasteiger charge is 2.37. The van der Waals surface area contributed by atoms with Gasteiger partial charge in [0.15, 0.2) is 11.6 Å². The number of Topliss-reactive ketones (excluding diaryl/α,β-unsaturated/α-hetero) is 1. The molecule has 1 heterocycles. The summed E-state index contributed by atoms with van der Waals surface area (Å²) in [4.78, 5) is 36.3. The highest BCUT2D eigenvalue weighted by molar-refractivity contribution is 6.52. The summed E-state index contributed by atoms with van der Waals surface area (Å²) in [6.07, 6.45) is 2.16. The van der Waals surface area contributed by atoms with E-state index >= 15 is 0 Å². The molecular weight excluding hydrogens is 332 g/mol. The Balaban J connectivity index is 2.05. The second-order valence-corrected chi connectivity index (χ2v) is 5.38. The average molecular weight is 343 g/mol. The zero-order valence-corrected chi connectivity index (χ0v) is 12.7. The van der Waals surface area contributed by atoms with Crippen molar-refractivity contribution in [1.82, 2.24) is 0 Å². The average Bonchev–Trinajstić information content (AvgIpc) is 2.82. The topological polar surface area (TPSA) is 74.7 Å². The maximum Gasteiger partial charge on any atom is 0.328 e. The van der Waals surface area contributed by atoms with E-state index in [0.29, 0.717) is 11.1 Å². The van der Waals surface area contributed by atoms with Crippen LogP contribution in [0.15, 0.2) is 42.5 Å². The number of ketones is 1. The SMILES string of the molecule is O=C(O)C=Cc1cccc2c1N(Cc1ccc(F)c(F)c1)C(=O)C2=O. The number of amides is 1. The Morgan fingerprint density at radius 3 is 2.56 bits per heavy atom. The van der Waals surface area contributed by atoms with Gasteiger partial charge in [-0.15, -0.1) is 0 Å². The van der Waals surface area contributed by atoms with E-state index in [1.54, 1.807) is 6.07 Å². The number of hydrogen-bond acceptors (Lipinski definition) is 3. The number of carbonyl (C=O) groups excluding carboxylic acids is 2. The summed E-state index contributed by atoms with van der Waals surface area (Å²) in [6, 6.07) is 7.74. The first-order chi connectivity index (χ1) is 11.9. The third kappa shape index (κ3) is 3.03. The normalized spacial score (nSPS) is 13.6. The van der Waals surface area contributed by atoms with Crippen LogP contribution in [0.1, 0.15) is 21.5 Å². The molecule has 1 N–H and O–H groups in total. The van der Waals surface area contributed by atoms with Crippen molar-refractivity contribution in [1.29, 1.82) is 0 Å². The van der Waals surface area contributed by atoms with Crippen LogP contribution in [0.3, 0.4) is 0 Å². The molecule has 0 atom stereocenters. The smallest absolute Gasteiger partial charge is 0.328 e. The molecule has 0 fully saturated rings. The van der Waals surface area contributed by atoms with Crippen LogP contribution in [0.4, 0.5) is 14.5 Å². The van der Waals surface area contributed by atoms with Gasteiger partial charge in [-0.05, 0) is 35.4 Å². The lowest BCUT2D eigenvalue weighted by molar-refractivity contribution is -0.131. The molecule has 0 unspecified atom stereocenters. The van der Waals surface area contributed by atoms with Crippen LogP contribution in [-0.4, -0.2) is 22.8 Å². The summed E-state index contributed by atoms with van der Waals surface area (Å²) in [7, 11) is 0. The summed E-state index contributed by atoms with van der Waals surface area (Å²) >= 11 is 0. The van der Waals surface area contributed by atoms with Gasteiger partial charge in [0.1, 0.15) is 0 Å². The van der Waals surface area contributed by atoms with Crippen molar-refractivity contribution in [2.24, 2.45) is 0 Å². The van der Waals surface area contributed by atoms with Crippen molar-refractivity contribution in [3.63, 3.8) is 0 Å². The van der Waals surface area contributed by atoms with Crippen LogP contribution in [0.25, 0.3) is 6.08 Å².